The third-order valence-electron chi connectivity index (χ3n) is 4.24. The average Bonchev–Trinajstić information content (AvgIpc) is 2.68. The van der Waals surface area contributed by atoms with E-state index < -0.39 is 47.3 Å². The Morgan fingerprint density at radius 3 is 2.36 bits per heavy atom. The molecule has 0 amide bonds. The molecule has 0 bridgehead atoms. The summed E-state index contributed by atoms with van der Waals surface area (Å²) in [6.07, 6.45) is -6.11. The second-order valence-electron chi connectivity index (χ2n) is 6.35. The highest BCUT2D eigenvalue weighted by atomic mass is 32.2. The maximum atomic E-state index is 12.4. The summed E-state index contributed by atoms with van der Waals surface area (Å²) in [7, 11) is -4.19. The van der Waals surface area contributed by atoms with Gasteiger partial charge >= 0.3 is 5.97 Å². The maximum absolute atomic E-state index is 12.4. The zero-order chi connectivity index (χ0) is 20.3. The average molecular weight is 408 g/mol. The number of aliphatic hydroxyl groups excluding tert-OH is 2. The minimum Gasteiger partial charge on any atom is -0.450 e. The van der Waals surface area contributed by atoms with Crippen molar-refractivity contribution in [3.05, 3.63) is 65.7 Å². The predicted octanol–water partition coefficient (Wildman–Crippen LogP) is 1.00. The zero-order valence-electron chi connectivity index (χ0n) is 15.0. The summed E-state index contributed by atoms with van der Waals surface area (Å²) < 4.78 is 40.1. The van der Waals surface area contributed by atoms with Crippen molar-refractivity contribution in [1.29, 1.82) is 0 Å². The molecule has 28 heavy (non-hydrogen) atoms. The molecule has 1 saturated heterocycles. The highest BCUT2D eigenvalue weighted by molar-refractivity contribution is 7.86. The van der Waals surface area contributed by atoms with Crippen molar-refractivity contribution in [1.82, 2.24) is 0 Å². The van der Waals surface area contributed by atoms with Crippen molar-refractivity contribution in [2.24, 2.45) is 0 Å². The third-order valence-corrected chi connectivity index (χ3v) is 5.59. The van der Waals surface area contributed by atoms with Gasteiger partial charge in [-0.3, -0.25) is 4.18 Å². The van der Waals surface area contributed by atoms with Gasteiger partial charge in [0.15, 0.2) is 12.4 Å². The lowest BCUT2D eigenvalue weighted by Crippen LogP contribution is -2.55. The molecule has 1 heterocycles. The first-order valence-corrected chi connectivity index (χ1v) is 9.92. The molecule has 9 heteroatoms. The Balaban J connectivity index is 1.73. The monoisotopic (exact) mass is 408 g/mol. The largest absolute Gasteiger partial charge is 0.450 e. The molecule has 1 aliphatic rings. The fourth-order valence-electron chi connectivity index (χ4n) is 2.67. The van der Waals surface area contributed by atoms with Crippen molar-refractivity contribution in [2.75, 3.05) is 6.61 Å². The van der Waals surface area contributed by atoms with Gasteiger partial charge in [0.1, 0.15) is 12.2 Å². The Labute approximate surface area is 162 Å². The molecule has 3 rings (SSSR count). The van der Waals surface area contributed by atoms with Crippen LogP contribution in [0.4, 0.5) is 0 Å². The molecule has 0 aromatic heterocycles. The first kappa shape index (κ1) is 20.4. The molecule has 0 spiro atoms. The molecule has 4 atom stereocenters. The lowest BCUT2D eigenvalue weighted by molar-refractivity contribution is -0.246. The van der Waals surface area contributed by atoms with Gasteiger partial charge in [0.05, 0.1) is 17.1 Å². The van der Waals surface area contributed by atoms with Crippen LogP contribution in [0.25, 0.3) is 0 Å². The van der Waals surface area contributed by atoms with Gasteiger partial charge in [0, 0.05) is 0 Å². The number of carbonyl (C=O) groups excluding carboxylic acids is 1. The maximum Gasteiger partial charge on any atom is 0.338 e. The van der Waals surface area contributed by atoms with Gasteiger partial charge in [-0.25, -0.2) is 4.79 Å². The Hall–Kier alpha value is -2.30. The summed E-state index contributed by atoms with van der Waals surface area (Å²) >= 11 is 0. The first-order chi connectivity index (χ1) is 13.3. The summed E-state index contributed by atoms with van der Waals surface area (Å²) in [5.41, 5.74) is 1.08. The van der Waals surface area contributed by atoms with E-state index in [1.807, 2.05) is 6.92 Å². The van der Waals surface area contributed by atoms with Crippen LogP contribution in [0, 0.1) is 6.92 Å². The van der Waals surface area contributed by atoms with Gasteiger partial charge in [-0.1, -0.05) is 35.9 Å². The molecule has 2 aromatic carbocycles. The molecule has 8 nitrogen and oxygen atoms in total. The van der Waals surface area contributed by atoms with Gasteiger partial charge in [-0.15, -0.1) is 0 Å². The summed E-state index contributed by atoms with van der Waals surface area (Å²) in [5.74, 6) is -0.797. The number of rotatable bonds is 5. The summed E-state index contributed by atoms with van der Waals surface area (Å²) in [4.78, 5) is 12.1. The molecular formula is C19H20O8S. The molecule has 2 N–H and O–H groups in total. The first-order valence-electron chi connectivity index (χ1n) is 8.51. The smallest absolute Gasteiger partial charge is 0.338 e. The van der Waals surface area contributed by atoms with Crippen molar-refractivity contribution >= 4 is 16.1 Å². The molecule has 0 radical (unpaired) electrons. The molecule has 0 unspecified atom stereocenters. The van der Waals surface area contributed by atoms with Crippen LogP contribution in [0.2, 0.25) is 0 Å². The topological polar surface area (TPSA) is 119 Å². The molecule has 0 saturated carbocycles. The molecule has 150 valence electrons. The summed E-state index contributed by atoms with van der Waals surface area (Å²) in [6, 6.07) is 13.9. The van der Waals surface area contributed by atoms with Gasteiger partial charge in [0.2, 0.25) is 0 Å². The Bertz CT molecular complexity index is 911. The van der Waals surface area contributed by atoms with Crippen molar-refractivity contribution in [3.63, 3.8) is 0 Å². The second-order valence-corrected chi connectivity index (χ2v) is 7.92. The van der Waals surface area contributed by atoms with Gasteiger partial charge in [0.25, 0.3) is 10.1 Å². The van der Waals surface area contributed by atoms with Crippen LogP contribution >= 0.6 is 0 Å². The highest BCUT2D eigenvalue weighted by Crippen LogP contribution is 2.24. The number of hydrogen-bond acceptors (Lipinski definition) is 8. The van der Waals surface area contributed by atoms with Crippen LogP contribution in [0.3, 0.4) is 0 Å². The number of benzene rings is 2. The minimum atomic E-state index is -4.19. The Morgan fingerprint density at radius 2 is 1.71 bits per heavy atom. The molecule has 0 aliphatic carbocycles. The van der Waals surface area contributed by atoms with Gasteiger partial charge in [-0.05, 0) is 31.2 Å². The van der Waals surface area contributed by atoms with E-state index in [2.05, 4.69) is 0 Å². The second kappa shape index (κ2) is 8.38. The molecular weight excluding hydrogens is 388 g/mol. The fourth-order valence-corrected chi connectivity index (χ4v) is 3.74. The quantitative estimate of drug-likeness (QED) is 0.556. The normalized spacial score (nSPS) is 25.2. The van der Waals surface area contributed by atoms with Crippen LogP contribution < -0.4 is 0 Å². The van der Waals surface area contributed by atoms with E-state index in [0.29, 0.717) is 0 Å². The third kappa shape index (κ3) is 4.57. The van der Waals surface area contributed by atoms with Crippen LogP contribution in [0.1, 0.15) is 15.9 Å². The van der Waals surface area contributed by atoms with E-state index in [4.69, 9.17) is 13.7 Å². The Kier molecular flexibility index (Phi) is 6.11. The van der Waals surface area contributed by atoms with Crippen molar-refractivity contribution in [3.8, 4) is 0 Å². The molecule has 1 aliphatic heterocycles. The number of hydrogen-bond donors (Lipinski definition) is 2. The Morgan fingerprint density at radius 1 is 1.07 bits per heavy atom. The van der Waals surface area contributed by atoms with E-state index in [1.165, 1.54) is 24.3 Å². The van der Waals surface area contributed by atoms with E-state index in [1.54, 1.807) is 30.3 Å². The van der Waals surface area contributed by atoms with Crippen LogP contribution in [-0.2, 0) is 23.8 Å². The molecule has 1 fully saturated rings. The minimum absolute atomic E-state index is 0.0887. The number of aliphatic hydroxyl groups is 2. The number of carbonyl (C=O) groups is 1. The van der Waals surface area contributed by atoms with Crippen molar-refractivity contribution in [2.45, 2.75) is 36.4 Å². The lowest BCUT2D eigenvalue weighted by atomic mass is 10.1. The fraction of sp³-hybridized carbons (Fsp3) is 0.316. The van der Waals surface area contributed by atoms with Crippen LogP contribution in [0.5, 0.6) is 0 Å². The van der Waals surface area contributed by atoms with Crippen LogP contribution in [0.15, 0.2) is 59.5 Å². The van der Waals surface area contributed by atoms with Gasteiger partial charge < -0.3 is 19.7 Å². The summed E-state index contributed by atoms with van der Waals surface area (Å²) in [5, 5.41) is 20.4. The summed E-state index contributed by atoms with van der Waals surface area (Å²) in [6.45, 7) is 1.41. The van der Waals surface area contributed by atoms with Crippen molar-refractivity contribution < 1.29 is 37.1 Å². The van der Waals surface area contributed by atoms with E-state index >= 15 is 0 Å². The van der Waals surface area contributed by atoms with Gasteiger partial charge in [-0.2, -0.15) is 8.42 Å². The lowest BCUT2D eigenvalue weighted by Gasteiger charge is -2.36. The predicted molar refractivity (Wildman–Crippen MR) is 96.8 cm³/mol. The number of ether oxygens (including phenoxy) is 2. The highest BCUT2D eigenvalue weighted by Gasteiger charge is 2.44. The number of aryl methyl sites for hydroxylation is 1. The number of esters is 1. The molecule has 2 aromatic rings. The SMILES string of the molecule is Cc1ccc(S(=O)(=O)O[C@@H]2CO[C@@H](O)[C@H](OC(=O)c3ccccc3)[C@H]2O)cc1. The van der Waals surface area contributed by atoms with E-state index in [-0.39, 0.29) is 10.5 Å². The van der Waals surface area contributed by atoms with E-state index in [9.17, 15) is 23.4 Å². The zero-order valence-corrected chi connectivity index (χ0v) is 15.8. The van der Waals surface area contributed by atoms with Crippen LogP contribution in [-0.4, -0.2) is 55.8 Å². The van der Waals surface area contributed by atoms with E-state index in [0.717, 1.165) is 5.56 Å². The standard InChI is InChI=1S/C19H20O8S/c1-12-7-9-14(10-8-12)28(23,24)27-15-11-25-19(22)17(16(15)20)26-18(21)13-5-3-2-4-6-13/h2-10,15-17,19-20,22H,11H2,1H3/t15-,16+,17-,19-/m1/s1.